The lowest BCUT2D eigenvalue weighted by atomic mass is 9.87. The number of nitrogens with one attached hydrogen (secondary N) is 2. The van der Waals surface area contributed by atoms with E-state index in [1.165, 1.54) is 0 Å². The number of hydrogen-bond donors (Lipinski definition) is 2. The maximum absolute atomic E-state index is 13.3. The lowest BCUT2D eigenvalue weighted by molar-refractivity contribution is -0.118. The van der Waals surface area contributed by atoms with Gasteiger partial charge in [-0.1, -0.05) is 23.5 Å². The molecule has 1 saturated carbocycles. The fourth-order valence-corrected chi connectivity index (χ4v) is 6.37. The highest BCUT2D eigenvalue weighted by Gasteiger charge is 2.37. The number of anilines is 1. The summed E-state index contributed by atoms with van der Waals surface area (Å²) in [6.45, 7) is 3.56. The lowest BCUT2D eigenvalue weighted by Crippen LogP contribution is -2.38. The van der Waals surface area contributed by atoms with Gasteiger partial charge >= 0.3 is 6.03 Å². The Morgan fingerprint density at radius 1 is 1.24 bits per heavy atom. The van der Waals surface area contributed by atoms with Crippen molar-refractivity contribution < 1.29 is 22.4 Å². The summed E-state index contributed by atoms with van der Waals surface area (Å²) in [5, 5.41) is 4.85. The van der Waals surface area contributed by atoms with Crippen LogP contribution in [0.4, 0.5) is 14.3 Å². The highest BCUT2D eigenvalue weighted by molar-refractivity contribution is 7.92. The minimum atomic E-state index is -3.32. The van der Waals surface area contributed by atoms with Gasteiger partial charge < -0.3 is 15.5 Å². The van der Waals surface area contributed by atoms with Crippen LogP contribution in [0.5, 0.6) is 0 Å². The molecule has 1 saturated heterocycles. The number of hydrogen-bond acceptors (Lipinski definition) is 6. The van der Waals surface area contributed by atoms with Crippen molar-refractivity contribution in [1.29, 1.82) is 0 Å². The Balaban J connectivity index is 1.52. The number of amides is 3. The van der Waals surface area contributed by atoms with E-state index < -0.39 is 20.9 Å². The van der Waals surface area contributed by atoms with Crippen molar-refractivity contribution in [3.8, 4) is 0 Å². The molecule has 1 aliphatic heterocycles. The van der Waals surface area contributed by atoms with Crippen LogP contribution >= 0.6 is 11.3 Å². The van der Waals surface area contributed by atoms with Crippen molar-refractivity contribution in [3.63, 3.8) is 0 Å². The molecule has 2 N–H and O–H groups in total. The summed E-state index contributed by atoms with van der Waals surface area (Å²) in [6, 6.07) is 6.36. The van der Waals surface area contributed by atoms with E-state index in [1.54, 1.807) is 29.2 Å². The van der Waals surface area contributed by atoms with Crippen LogP contribution in [-0.4, -0.2) is 55.1 Å². The van der Waals surface area contributed by atoms with E-state index in [1.807, 2.05) is 6.92 Å². The first-order valence-corrected chi connectivity index (χ1v) is 13.4. The lowest BCUT2D eigenvalue weighted by Gasteiger charge is -2.21. The third-order valence-corrected chi connectivity index (χ3v) is 9.05. The number of halogens is 1. The van der Waals surface area contributed by atoms with Gasteiger partial charge in [0, 0.05) is 19.6 Å². The fraction of sp³-hybridized carbons (Fsp3) is 0.500. The van der Waals surface area contributed by atoms with Crippen molar-refractivity contribution in [3.05, 3.63) is 41.2 Å². The molecule has 2 aromatic rings. The smallest absolute Gasteiger partial charge is 0.317 e. The highest BCUT2D eigenvalue weighted by atomic mass is 32.2. The molecule has 2 atom stereocenters. The normalized spacial score (nSPS) is 19.3. The second-order valence-corrected chi connectivity index (χ2v) is 11.7. The van der Waals surface area contributed by atoms with Gasteiger partial charge in [0.2, 0.25) is 5.91 Å². The second-order valence-electron chi connectivity index (χ2n) is 8.50. The minimum absolute atomic E-state index is 0.103. The van der Waals surface area contributed by atoms with Crippen molar-refractivity contribution in [1.82, 2.24) is 15.2 Å². The zero-order valence-electron chi connectivity index (χ0n) is 18.3. The number of sulfone groups is 1. The van der Waals surface area contributed by atoms with Gasteiger partial charge in [-0.15, -0.1) is 0 Å². The van der Waals surface area contributed by atoms with Gasteiger partial charge in [-0.05, 0) is 56.2 Å². The molecule has 2 unspecified atom stereocenters. The first-order chi connectivity index (χ1) is 15.8. The van der Waals surface area contributed by atoms with E-state index in [4.69, 9.17) is 0 Å². The van der Waals surface area contributed by atoms with Crippen LogP contribution in [0.3, 0.4) is 0 Å². The number of likely N-dealkylation sites (tertiary alicyclic amines) is 1. The summed E-state index contributed by atoms with van der Waals surface area (Å²) in [6.07, 6.45) is 3.66. The molecule has 11 heteroatoms. The predicted molar refractivity (Wildman–Crippen MR) is 123 cm³/mol. The van der Waals surface area contributed by atoms with E-state index in [-0.39, 0.29) is 33.1 Å². The monoisotopic (exact) mass is 494 g/mol. The van der Waals surface area contributed by atoms with Crippen molar-refractivity contribution in [2.24, 2.45) is 5.92 Å². The Labute approximate surface area is 196 Å². The van der Waals surface area contributed by atoms with Crippen LogP contribution in [0.25, 0.3) is 0 Å². The first kappa shape index (κ1) is 23.6. The largest absolute Gasteiger partial charge is 0.338 e. The van der Waals surface area contributed by atoms with Gasteiger partial charge in [0.05, 0.1) is 22.3 Å². The van der Waals surface area contributed by atoms with Gasteiger partial charge in [0.25, 0.3) is 0 Å². The SMILES string of the molecule is CCNC(=O)N1CCC(CC(C(=O)Nc2ncc(F)s2)c2ccc(S(=O)(=O)C3CC3)cc2)C1. The molecule has 4 rings (SSSR count). The molecular formula is C22H27FN4O4S2. The summed E-state index contributed by atoms with van der Waals surface area (Å²) >= 11 is 0.747. The Hall–Kier alpha value is -2.53. The number of carbonyl (C=O) groups is 2. The molecule has 2 heterocycles. The molecule has 3 amide bonds. The van der Waals surface area contributed by atoms with Crippen LogP contribution in [0.1, 0.15) is 44.1 Å². The van der Waals surface area contributed by atoms with E-state index in [2.05, 4.69) is 15.6 Å². The third-order valence-electron chi connectivity index (χ3n) is 6.07. The van der Waals surface area contributed by atoms with E-state index >= 15 is 0 Å². The molecule has 8 nitrogen and oxygen atoms in total. The standard InChI is InChI=1S/C22H27FN4O4S2/c1-2-24-22(29)27-10-9-14(13-27)11-18(20(28)26-21-25-12-19(23)32-21)15-3-5-16(6-4-15)33(30,31)17-7-8-17/h3-6,12,14,17-18H,2,7-11,13H2,1H3,(H,24,29)(H,25,26,28). The number of thiazole rings is 1. The molecule has 0 radical (unpaired) electrons. The minimum Gasteiger partial charge on any atom is -0.338 e. The number of nitrogens with zero attached hydrogens (tertiary/aromatic N) is 2. The number of urea groups is 1. The van der Waals surface area contributed by atoms with Crippen molar-refractivity contribution in [2.45, 2.75) is 48.7 Å². The van der Waals surface area contributed by atoms with Gasteiger partial charge in [0.1, 0.15) is 0 Å². The molecule has 1 aromatic carbocycles. The Morgan fingerprint density at radius 3 is 2.58 bits per heavy atom. The molecule has 1 aromatic heterocycles. The zero-order chi connectivity index (χ0) is 23.6. The third kappa shape index (κ3) is 5.52. The van der Waals surface area contributed by atoms with Crippen molar-refractivity contribution in [2.75, 3.05) is 25.0 Å². The highest BCUT2D eigenvalue weighted by Crippen LogP contribution is 2.35. The summed E-state index contributed by atoms with van der Waals surface area (Å²) in [5.74, 6) is -0.821. The average Bonchev–Trinajstić information content (AvgIpc) is 3.43. The topological polar surface area (TPSA) is 108 Å². The first-order valence-electron chi connectivity index (χ1n) is 11.1. The maximum Gasteiger partial charge on any atom is 0.317 e. The quantitative estimate of drug-likeness (QED) is 0.585. The number of aromatic nitrogens is 1. The average molecular weight is 495 g/mol. The Bertz CT molecular complexity index is 1120. The van der Waals surface area contributed by atoms with Crippen molar-refractivity contribution >= 4 is 38.2 Å². The van der Waals surface area contributed by atoms with Crippen LogP contribution in [-0.2, 0) is 14.6 Å². The molecule has 2 aliphatic rings. The second kappa shape index (κ2) is 9.76. The number of carbonyl (C=O) groups excluding carboxylic acids is 2. The fourth-order valence-electron chi connectivity index (χ4n) is 4.17. The van der Waals surface area contributed by atoms with Crippen LogP contribution in [0, 0.1) is 11.0 Å². The Kier molecular flexibility index (Phi) is 6.99. The van der Waals surface area contributed by atoms with Gasteiger partial charge in [-0.2, -0.15) is 4.39 Å². The van der Waals surface area contributed by atoms with Gasteiger partial charge in [0.15, 0.2) is 20.1 Å². The molecule has 1 aliphatic carbocycles. The van der Waals surface area contributed by atoms with Crippen LogP contribution in [0.2, 0.25) is 0 Å². The Morgan fingerprint density at radius 2 is 1.97 bits per heavy atom. The van der Waals surface area contributed by atoms with Gasteiger partial charge in [-0.25, -0.2) is 18.2 Å². The summed E-state index contributed by atoms with van der Waals surface area (Å²) in [7, 11) is -3.32. The number of rotatable bonds is 8. The van der Waals surface area contributed by atoms with Gasteiger partial charge in [-0.3, -0.25) is 4.79 Å². The van der Waals surface area contributed by atoms with Crippen LogP contribution in [0.15, 0.2) is 35.4 Å². The number of benzene rings is 1. The molecule has 0 bridgehead atoms. The molecule has 33 heavy (non-hydrogen) atoms. The summed E-state index contributed by atoms with van der Waals surface area (Å²) in [4.78, 5) is 31.2. The summed E-state index contributed by atoms with van der Waals surface area (Å²) in [5.41, 5.74) is 0.677. The summed E-state index contributed by atoms with van der Waals surface area (Å²) < 4.78 is 38.4. The van der Waals surface area contributed by atoms with E-state index in [0.29, 0.717) is 44.5 Å². The predicted octanol–water partition coefficient (Wildman–Crippen LogP) is 3.38. The zero-order valence-corrected chi connectivity index (χ0v) is 19.9. The molecule has 178 valence electrons. The molecule has 0 spiro atoms. The maximum atomic E-state index is 13.3. The van der Waals surface area contributed by atoms with E-state index in [9.17, 15) is 22.4 Å². The molecule has 2 fully saturated rings. The molecular weight excluding hydrogens is 467 g/mol. The van der Waals surface area contributed by atoms with E-state index in [0.717, 1.165) is 24.0 Å². The van der Waals surface area contributed by atoms with Crippen LogP contribution < -0.4 is 10.6 Å².